The first-order valence-electron chi connectivity index (χ1n) is 6.52. The lowest BCUT2D eigenvalue weighted by atomic mass is 10.4. The fourth-order valence-corrected chi connectivity index (χ4v) is 3.60. The summed E-state index contributed by atoms with van der Waals surface area (Å²) < 4.78 is 10.6. The van der Waals surface area contributed by atoms with E-state index in [4.69, 9.17) is 9.16 Å². The Morgan fingerprint density at radius 3 is 2.47 bits per heavy atom. The Kier molecular flexibility index (Phi) is 9.40. The second-order valence-corrected chi connectivity index (χ2v) is 8.91. The zero-order chi connectivity index (χ0) is 13.1. The fourth-order valence-electron chi connectivity index (χ4n) is 1.65. The summed E-state index contributed by atoms with van der Waals surface area (Å²) in [5.74, 6) is -0.121. The van der Waals surface area contributed by atoms with Crippen molar-refractivity contribution in [3.05, 3.63) is 0 Å². The van der Waals surface area contributed by atoms with Crippen molar-refractivity contribution in [1.29, 1.82) is 0 Å². The average Bonchev–Trinajstić information content (AvgIpc) is 2.23. The molecule has 5 heteroatoms. The molecule has 0 aliphatic carbocycles. The molecule has 0 heterocycles. The summed E-state index contributed by atoms with van der Waals surface area (Å²) in [6.07, 6.45) is 1.57. The molecule has 0 saturated carbocycles. The van der Waals surface area contributed by atoms with E-state index in [1.54, 1.807) is 0 Å². The second-order valence-electron chi connectivity index (χ2n) is 4.60. The molecule has 0 fully saturated rings. The number of hydrogen-bond donors (Lipinski definition) is 1. The molecule has 102 valence electrons. The van der Waals surface area contributed by atoms with E-state index in [2.05, 4.69) is 18.4 Å². The van der Waals surface area contributed by atoms with Gasteiger partial charge in [-0.2, -0.15) is 0 Å². The lowest BCUT2D eigenvalue weighted by Gasteiger charge is -2.21. The normalized spacial score (nSPS) is 11.5. The van der Waals surface area contributed by atoms with Crippen LogP contribution >= 0.6 is 0 Å². The van der Waals surface area contributed by atoms with Gasteiger partial charge in [0.25, 0.3) is 0 Å². The summed E-state index contributed by atoms with van der Waals surface area (Å²) in [6.45, 7) is 11.3. The first-order valence-corrected chi connectivity index (χ1v) is 9.63. The van der Waals surface area contributed by atoms with Crippen molar-refractivity contribution < 1.29 is 14.0 Å². The first-order chi connectivity index (χ1) is 8.02. The number of hydrogen-bond acceptors (Lipinski definition) is 4. The highest BCUT2D eigenvalue weighted by atomic mass is 28.4. The van der Waals surface area contributed by atoms with Crippen LogP contribution in [0.1, 0.15) is 26.7 Å². The van der Waals surface area contributed by atoms with Crippen molar-refractivity contribution in [1.82, 2.24) is 5.32 Å². The van der Waals surface area contributed by atoms with Gasteiger partial charge in [0, 0.05) is 13.2 Å². The van der Waals surface area contributed by atoms with Gasteiger partial charge in [0.1, 0.15) is 0 Å². The van der Waals surface area contributed by atoms with E-state index < -0.39 is 8.32 Å². The van der Waals surface area contributed by atoms with Crippen LogP contribution in [-0.2, 0) is 14.0 Å². The standard InChI is InChI=1S/C12H27NO3Si/c1-5-15-12(14)8-10-13-9-7-11-17(3,4)16-6-2/h13H,5-11H2,1-4H3. The minimum atomic E-state index is -1.43. The molecule has 0 radical (unpaired) electrons. The molecule has 17 heavy (non-hydrogen) atoms. The van der Waals surface area contributed by atoms with Gasteiger partial charge in [-0.15, -0.1) is 0 Å². The fraction of sp³-hybridized carbons (Fsp3) is 0.917. The van der Waals surface area contributed by atoms with Crippen LogP contribution in [0.15, 0.2) is 0 Å². The topological polar surface area (TPSA) is 47.6 Å². The van der Waals surface area contributed by atoms with Gasteiger partial charge in [0.15, 0.2) is 8.32 Å². The van der Waals surface area contributed by atoms with Gasteiger partial charge in [0.2, 0.25) is 0 Å². The summed E-state index contributed by atoms with van der Waals surface area (Å²) in [5, 5.41) is 3.26. The van der Waals surface area contributed by atoms with Crippen LogP contribution in [0.25, 0.3) is 0 Å². The van der Waals surface area contributed by atoms with Crippen LogP contribution in [0.3, 0.4) is 0 Å². The minimum absolute atomic E-state index is 0.121. The van der Waals surface area contributed by atoms with Gasteiger partial charge < -0.3 is 14.5 Å². The Hall–Kier alpha value is -0.393. The van der Waals surface area contributed by atoms with E-state index in [9.17, 15) is 4.79 Å². The molecular formula is C12H27NO3Si. The third kappa shape index (κ3) is 10.5. The molecule has 0 aromatic heterocycles. The Morgan fingerprint density at radius 1 is 1.18 bits per heavy atom. The monoisotopic (exact) mass is 261 g/mol. The van der Waals surface area contributed by atoms with E-state index in [1.165, 1.54) is 0 Å². The van der Waals surface area contributed by atoms with Gasteiger partial charge >= 0.3 is 5.97 Å². The zero-order valence-electron chi connectivity index (χ0n) is 11.7. The highest BCUT2D eigenvalue weighted by molar-refractivity contribution is 6.71. The van der Waals surface area contributed by atoms with Gasteiger partial charge in [-0.3, -0.25) is 4.79 Å². The number of rotatable bonds is 10. The molecule has 0 aliphatic heterocycles. The van der Waals surface area contributed by atoms with Crippen molar-refractivity contribution in [2.45, 2.75) is 45.8 Å². The molecule has 0 aliphatic rings. The summed E-state index contributed by atoms with van der Waals surface area (Å²) in [4.78, 5) is 11.0. The third-order valence-electron chi connectivity index (χ3n) is 2.48. The van der Waals surface area contributed by atoms with Crippen LogP contribution in [0.4, 0.5) is 0 Å². The lowest BCUT2D eigenvalue weighted by molar-refractivity contribution is -0.142. The molecule has 0 bridgehead atoms. The molecule has 0 saturated heterocycles. The predicted molar refractivity (Wildman–Crippen MR) is 72.7 cm³/mol. The molecule has 0 aromatic carbocycles. The molecular weight excluding hydrogens is 234 g/mol. The Bertz CT molecular complexity index is 210. The molecule has 0 rings (SSSR count). The first kappa shape index (κ1) is 16.6. The summed E-state index contributed by atoms with van der Waals surface area (Å²) in [7, 11) is -1.43. The zero-order valence-corrected chi connectivity index (χ0v) is 12.7. The van der Waals surface area contributed by atoms with Crippen LogP contribution in [-0.4, -0.2) is 40.6 Å². The van der Waals surface area contributed by atoms with E-state index in [0.29, 0.717) is 19.6 Å². The van der Waals surface area contributed by atoms with Gasteiger partial charge in [-0.1, -0.05) is 0 Å². The molecule has 0 atom stereocenters. The molecule has 0 spiro atoms. The second kappa shape index (κ2) is 9.62. The smallest absolute Gasteiger partial charge is 0.307 e. The van der Waals surface area contributed by atoms with E-state index in [1.807, 2.05) is 13.8 Å². The molecule has 0 amide bonds. The Morgan fingerprint density at radius 2 is 1.88 bits per heavy atom. The van der Waals surface area contributed by atoms with E-state index in [-0.39, 0.29) is 5.97 Å². The van der Waals surface area contributed by atoms with Crippen molar-refractivity contribution in [3.8, 4) is 0 Å². The van der Waals surface area contributed by atoms with Gasteiger partial charge in [-0.05, 0) is 46.0 Å². The SMILES string of the molecule is CCOC(=O)CCNCCC[Si](C)(C)OCC. The van der Waals surface area contributed by atoms with Crippen LogP contribution in [0.2, 0.25) is 19.1 Å². The van der Waals surface area contributed by atoms with Crippen LogP contribution in [0.5, 0.6) is 0 Å². The minimum Gasteiger partial charge on any atom is -0.466 e. The van der Waals surface area contributed by atoms with Crippen molar-refractivity contribution in [3.63, 3.8) is 0 Å². The predicted octanol–water partition coefficient (Wildman–Crippen LogP) is 2.16. The molecule has 1 N–H and O–H groups in total. The summed E-state index contributed by atoms with van der Waals surface area (Å²) in [6, 6.07) is 1.16. The highest BCUT2D eigenvalue weighted by Gasteiger charge is 2.20. The summed E-state index contributed by atoms with van der Waals surface area (Å²) >= 11 is 0. The number of ether oxygens (including phenoxy) is 1. The third-order valence-corrected chi connectivity index (χ3v) is 5.11. The molecule has 0 aromatic rings. The maximum absolute atomic E-state index is 11.0. The quantitative estimate of drug-likeness (QED) is 0.372. The maximum Gasteiger partial charge on any atom is 0.307 e. The molecule has 4 nitrogen and oxygen atoms in total. The Balaban J connectivity index is 3.37. The van der Waals surface area contributed by atoms with Crippen molar-refractivity contribution in [2.75, 3.05) is 26.3 Å². The highest BCUT2D eigenvalue weighted by Crippen LogP contribution is 2.12. The van der Waals surface area contributed by atoms with Crippen molar-refractivity contribution >= 4 is 14.3 Å². The number of esters is 1. The number of nitrogens with one attached hydrogen (secondary N) is 1. The number of carbonyl (C=O) groups is 1. The largest absolute Gasteiger partial charge is 0.466 e. The van der Waals surface area contributed by atoms with E-state index >= 15 is 0 Å². The van der Waals surface area contributed by atoms with Gasteiger partial charge in [-0.25, -0.2) is 0 Å². The summed E-state index contributed by atoms with van der Waals surface area (Å²) in [5.41, 5.74) is 0. The van der Waals surface area contributed by atoms with Crippen molar-refractivity contribution in [2.24, 2.45) is 0 Å². The average molecular weight is 261 g/mol. The maximum atomic E-state index is 11.0. The van der Waals surface area contributed by atoms with Crippen LogP contribution < -0.4 is 5.32 Å². The van der Waals surface area contributed by atoms with E-state index in [0.717, 1.165) is 25.6 Å². The lowest BCUT2D eigenvalue weighted by Crippen LogP contribution is -2.31. The number of carbonyl (C=O) groups excluding carboxylic acids is 1. The molecule has 0 unspecified atom stereocenters. The Labute approximate surface area is 106 Å². The van der Waals surface area contributed by atoms with Crippen LogP contribution in [0, 0.1) is 0 Å². The van der Waals surface area contributed by atoms with Gasteiger partial charge in [0.05, 0.1) is 13.0 Å².